The van der Waals surface area contributed by atoms with Gasteiger partial charge >= 0.3 is 5.97 Å². The molecule has 3 aromatic rings. The van der Waals surface area contributed by atoms with Crippen molar-refractivity contribution in [2.45, 2.75) is 29.6 Å². The van der Waals surface area contributed by atoms with Gasteiger partial charge in [0.1, 0.15) is 17.2 Å². The average Bonchev–Trinajstić information content (AvgIpc) is 2.76. The van der Waals surface area contributed by atoms with E-state index in [1.54, 1.807) is 13.2 Å². The van der Waals surface area contributed by atoms with Gasteiger partial charge in [-0.2, -0.15) is 0 Å². The molecule has 0 saturated heterocycles. The number of unbranched alkanes of at least 4 members (excludes halogenated alkanes) is 1. The third-order valence-electron chi connectivity index (χ3n) is 4.18. The highest BCUT2D eigenvalue weighted by molar-refractivity contribution is 7.99. The fourth-order valence-corrected chi connectivity index (χ4v) is 3.53. The molecule has 5 heteroatoms. The van der Waals surface area contributed by atoms with Crippen molar-refractivity contribution in [2.75, 3.05) is 13.7 Å². The van der Waals surface area contributed by atoms with Crippen LogP contribution in [0.15, 0.2) is 82.6 Å². The van der Waals surface area contributed by atoms with Gasteiger partial charge in [-0.3, -0.25) is 0 Å². The van der Waals surface area contributed by atoms with Gasteiger partial charge in [0.15, 0.2) is 0 Å². The van der Waals surface area contributed by atoms with Gasteiger partial charge in [-0.15, -0.1) is 0 Å². The number of ether oxygens (including phenoxy) is 3. The number of benzene rings is 3. The molecule has 0 bridgehead atoms. The van der Waals surface area contributed by atoms with Crippen molar-refractivity contribution in [1.82, 2.24) is 0 Å². The largest absolute Gasteiger partial charge is 0.497 e. The molecule has 0 atom stereocenters. The van der Waals surface area contributed by atoms with Crippen molar-refractivity contribution in [3.05, 3.63) is 78.4 Å². The Morgan fingerprint density at radius 2 is 1.48 bits per heavy atom. The van der Waals surface area contributed by atoms with E-state index < -0.39 is 0 Å². The van der Waals surface area contributed by atoms with Crippen molar-refractivity contribution in [3.8, 4) is 17.2 Å². The molecule has 0 aromatic heterocycles. The molecule has 0 fully saturated rings. The molecule has 3 rings (SSSR count). The number of carbonyl (C=O) groups excluding carboxylic acids is 1. The zero-order valence-electron chi connectivity index (χ0n) is 16.6. The Morgan fingerprint density at radius 3 is 2.14 bits per heavy atom. The summed E-state index contributed by atoms with van der Waals surface area (Å²) in [5.74, 6) is 2.00. The van der Waals surface area contributed by atoms with Crippen LogP contribution in [0, 0.1) is 0 Å². The highest BCUT2D eigenvalue weighted by atomic mass is 32.2. The Morgan fingerprint density at radius 1 is 0.862 bits per heavy atom. The monoisotopic (exact) mass is 408 g/mol. The van der Waals surface area contributed by atoms with E-state index in [1.807, 2.05) is 66.7 Å². The molecular weight excluding hydrogens is 384 g/mol. The van der Waals surface area contributed by atoms with E-state index in [-0.39, 0.29) is 5.97 Å². The lowest BCUT2D eigenvalue weighted by Gasteiger charge is -2.10. The lowest BCUT2D eigenvalue weighted by Crippen LogP contribution is -2.07. The summed E-state index contributed by atoms with van der Waals surface area (Å²) in [4.78, 5) is 14.3. The summed E-state index contributed by atoms with van der Waals surface area (Å²) in [6.07, 6.45) is 1.87. The lowest BCUT2D eigenvalue weighted by molar-refractivity contribution is 0.0495. The van der Waals surface area contributed by atoms with Crippen LogP contribution in [0.5, 0.6) is 17.2 Å². The van der Waals surface area contributed by atoms with Crippen LogP contribution >= 0.6 is 11.8 Å². The topological polar surface area (TPSA) is 44.8 Å². The normalized spacial score (nSPS) is 10.4. The first-order valence-electron chi connectivity index (χ1n) is 9.55. The lowest BCUT2D eigenvalue weighted by atomic mass is 10.2. The summed E-state index contributed by atoms with van der Waals surface area (Å²) in [6, 6.07) is 22.7. The fraction of sp³-hybridized carbons (Fsp3) is 0.208. The number of carbonyl (C=O) groups is 1. The molecule has 29 heavy (non-hydrogen) atoms. The Labute approximate surface area is 175 Å². The molecule has 0 spiro atoms. The molecule has 0 N–H and O–H groups in total. The fourth-order valence-electron chi connectivity index (χ4n) is 2.59. The molecule has 150 valence electrons. The van der Waals surface area contributed by atoms with E-state index in [4.69, 9.17) is 14.2 Å². The Balaban J connectivity index is 1.66. The van der Waals surface area contributed by atoms with Crippen LogP contribution in [0.1, 0.15) is 30.1 Å². The Hall–Kier alpha value is -2.92. The maximum atomic E-state index is 12.4. The van der Waals surface area contributed by atoms with Crippen molar-refractivity contribution in [2.24, 2.45) is 0 Å². The summed E-state index contributed by atoms with van der Waals surface area (Å²) in [7, 11) is 1.63. The van der Waals surface area contributed by atoms with Crippen molar-refractivity contribution in [3.63, 3.8) is 0 Å². The molecule has 0 radical (unpaired) electrons. The molecule has 4 nitrogen and oxygen atoms in total. The van der Waals surface area contributed by atoms with Gasteiger partial charge in [0, 0.05) is 9.79 Å². The van der Waals surface area contributed by atoms with Gasteiger partial charge in [-0.25, -0.2) is 4.79 Å². The number of hydrogen-bond acceptors (Lipinski definition) is 5. The molecule has 0 aliphatic carbocycles. The van der Waals surface area contributed by atoms with E-state index in [1.165, 1.54) is 11.8 Å². The van der Waals surface area contributed by atoms with Crippen LogP contribution in [-0.4, -0.2) is 19.7 Å². The molecule has 0 heterocycles. The first-order chi connectivity index (χ1) is 14.2. The number of methoxy groups -OCH3 is 1. The van der Waals surface area contributed by atoms with E-state index >= 15 is 0 Å². The van der Waals surface area contributed by atoms with E-state index in [9.17, 15) is 4.79 Å². The minimum atomic E-state index is -0.277. The zero-order valence-corrected chi connectivity index (χ0v) is 17.4. The second-order valence-corrected chi connectivity index (χ2v) is 7.45. The molecule has 0 amide bonds. The predicted molar refractivity (Wildman–Crippen MR) is 115 cm³/mol. The SMILES string of the molecule is CCCCOC(=O)c1ccccc1Sc1ccc(Oc2ccc(OC)cc2)cc1. The average molecular weight is 409 g/mol. The summed E-state index contributed by atoms with van der Waals surface area (Å²) < 4.78 is 16.4. The molecule has 0 aliphatic heterocycles. The minimum absolute atomic E-state index is 0.277. The molecule has 0 aliphatic rings. The minimum Gasteiger partial charge on any atom is -0.497 e. The summed E-state index contributed by atoms with van der Waals surface area (Å²) in [6.45, 7) is 2.52. The highest BCUT2D eigenvalue weighted by Crippen LogP contribution is 2.33. The van der Waals surface area contributed by atoms with Crippen LogP contribution in [-0.2, 0) is 4.74 Å². The van der Waals surface area contributed by atoms with Gasteiger partial charge in [0.25, 0.3) is 0 Å². The number of rotatable bonds is 9. The maximum absolute atomic E-state index is 12.4. The van der Waals surface area contributed by atoms with Gasteiger partial charge in [0.2, 0.25) is 0 Å². The van der Waals surface area contributed by atoms with Crippen LogP contribution in [0.25, 0.3) is 0 Å². The zero-order chi connectivity index (χ0) is 20.5. The second kappa shape index (κ2) is 10.6. The first kappa shape index (κ1) is 20.8. The third kappa shape index (κ3) is 6.03. The molecule has 0 saturated carbocycles. The summed E-state index contributed by atoms with van der Waals surface area (Å²) in [5, 5.41) is 0. The quantitative estimate of drug-likeness (QED) is 0.295. The second-order valence-electron chi connectivity index (χ2n) is 6.34. The smallest absolute Gasteiger partial charge is 0.339 e. The van der Waals surface area contributed by atoms with Gasteiger partial charge in [-0.05, 0) is 67.1 Å². The van der Waals surface area contributed by atoms with Gasteiger partial charge in [-0.1, -0.05) is 37.2 Å². The first-order valence-corrected chi connectivity index (χ1v) is 10.4. The number of esters is 1. The van der Waals surface area contributed by atoms with Crippen LogP contribution < -0.4 is 9.47 Å². The van der Waals surface area contributed by atoms with E-state index in [2.05, 4.69) is 6.92 Å². The van der Waals surface area contributed by atoms with E-state index in [0.29, 0.717) is 12.2 Å². The van der Waals surface area contributed by atoms with Crippen molar-refractivity contribution < 1.29 is 19.0 Å². The standard InChI is InChI=1S/C24H24O4S/c1-3-4-17-27-24(25)22-7-5-6-8-23(22)29-21-15-13-20(14-16-21)28-19-11-9-18(26-2)10-12-19/h5-16H,3-4,17H2,1-2H3. The van der Waals surface area contributed by atoms with Crippen LogP contribution in [0.4, 0.5) is 0 Å². The number of hydrogen-bond donors (Lipinski definition) is 0. The summed E-state index contributed by atoms with van der Waals surface area (Å²) in [5.41, 5.74) is 0.590. The van der Waals surface area contributed by atoms with Gasteiger partial charge in [0.05, 0.1) is 19.3 Å². The van der Waals surface area contributed by atoms with Crippen LogP contribution in [0.2, 0.25) is 0 Å². The van der Waals surface area contributed by atoms with Crippen LogP contribution in [0.3, 0.4) is 0 Å². The Bertz CT molecular complexity index is 920. The molecule has 3 aromatic carbocycles. The van der Waals surface area contributed by atoms with Gasteiger partial charge < -0.3 is 14.2 Å². The molecular formula is C24H24O4S. The summed E-state index contributed by atoms with van der Waals surface area (Å²) >= 11 is 1.53. The molecule has 0 unspecified atom stereocenters. The third-order valence-corrected chi connectivity index (χ3v) is 5.27. The van der Waals surface area contributed by atoms with Crippen molar-refractivity contribution in [1.29, 1.82) is 0 Å². The Kier molecular flexibility index (Phi) is 7.59. The predicted octanol–water partition coefficient (Wildman–Crippen LogP) is 6.60. The maximum Gasteiger partial charge on any atom is 0.339 e. The highest BCUT2D eigenvalue weighted by Gasteiger charge is 2.13. The van der Waals surface area contributed by atoms with E-state index in [0.717, 1.165) is 39.9 Å². The van der Waals surface area contributed by atoms with Crippen molar-refractivity contribution >= 4 is 17.7 Å².